The Bertz CT molecular complexity index is 4680. The molecule has 2 aliphatic carbocycles. The van der Waals surface area contributed by atoms with Crippen molar-refractivity contribution in [2.24, 2.45) is 0 Å². The SMILES string of the molecule is CCCCCCCCC1(CCCCCCCC)c2ccccc2-c2cc3c(cc21)-c1ccccc1C3(c1ccc(-c2ccc(N(c3cccc(-c4ccccn4)c3)c3cccc(-c4ccccn4)c3)cc2)cc1)c1ccc(-c2ccc3c(c2)-c2ccccc2C2NC=CN32)cc1. The first kappa shape index (κ1) is 60.6. The number of nitrogens with zero attached hydrogens (tertiary/aromatic N) is 4. The average molecular weight is 1250 g/mol. The summed E-state index contributed by atoms with van der Waals surface area (Å²) in [4.78, 5) is 14.2. The highest BCUT2D eigenvalue weighted by Crippen LogP contribution is 2.62. The number of aromatic nitrogens is 2. The fourth-order valence-corrected chi connectivity index (χ4v) is 16.8. The van der Waals surface area contributed by atoms with Gasteiger partial charge in [0.2, 0.25) is 0 Å². The van der Waals surface area contributed by atoms with Gasteiger partial charge in [0.25, 0.3) is 0 Å². The third-order valence-corrected chi connectivity index (χ3v) is 21.5. The van der Waals surface area contributed by atoms with Crippen LogP contribution >= 0.6 is 0 Å². The van der Waals surface area contributed by atoms with Crippen molar-refractivity contribution in [1.82, 2.24) is 15.3 Å². The third-order valence-electron chi connectivity index (χ3n) is 21.5. The highest BCUT2D eigenvalue weighted by atomic mass is 15.3. The van der Waals surface area contributed by atoms with Gasteiger partial charge in [-0.2, -0.15) is 0 Å². The molecule has 0 saturated heterocycles. The van der Waals surface area contributed by atoms with Gasteiger partial charge in [0.15, 0.2) is 0 Å². The van der Waals surface area contributed by atoms with Crippen molar-refractivity contribution in [3.05, 3.63) is 325 Å². The van der Waals surface area contributed by atoms with E-state index in [1.54, 1.807) is 11.1 Å². The molecule has 0 radical (unpaired) electrons. The lowest BCUT2D eigenvalue weighted by molar-refractivity contribution is 0.398. The number of benzene rings is 10. The molecular weight excluding hydrogens is 1160 g/mol. The minimum absolute atomic E-state index is 0.0439. The van der Waals surface area contributed by atoms with E-state index in [4.69, 9.17) is 9.97 Å². The molecule has 5 heteroatoms. The number of nitrogens with one attached hydrogen (secondary N) is 1. The lowest BCUT2D eigenvalue weighted by Crippen LogP contribution is -2.30. The second-order valence-electron chi connectivity index (χ2n) is 27.1. The monoisotopic (exact) mass is 1250 g/mol. The molecule has 0 amide bonds. The van der Waals surface area contributed by atoms with Gasteiger partial charge in [-0.15, -0.1) is 0 Å². The van der Waals surface area contributed by atoms with Crippen molar-refractivity contribution in [2.75, 3.05) is 9.80 Å². The Morgan fingerprint density at radius 2 is 0.865 bits per heavy atom. The summed E-state index contributed by atoms with van der Waals surface area (Å²) >= 11 is 0. The number of unbranched alkanes of at least 4 members (excludes halogenated alkanes) is 10. The molecule has 0 spiro atoms. The summed E-state index contributed by atoms with van der Waals surface area (Å²) in [5.74, 6) is 0. The van der Waals surface area contributed by atoms with E-state index in [0.29, 0.717) is 0 Å². The van der Waals surface area contributed by atoms with Gasteiger partial charge in [0.1, 0.15) is 6.17 Å². The highest BCUT2D eigenvalue weighted by molar-refractivity contribution is 5.94. The summed E-state index contributed by atoms with van der Waals surface area (Å²) in [6.45, 7) is 4.66. The van der Waals surface area contributed by atoms with Crippen molar-refractivity contribution in [3.8, 4) is 78.1 Å². The molecule has 4 heterocycles. The molecule has 5 nitrogen and oxygen atoms in total. The highest BCUT2D eigenvalue weighted by Gasteiger charge is 2.50. The number of rotatable bonds is 23. The molecule has 96 heavy (non-hydrogen) atoms. The van der Waals surface area contributed by atoms with Gasteiger partial charge in [0, 0.05) is 69.5 Å². The van der Waals surface area contributed by atoms with Gasteiger partial charge >= 0.3 is 0 Å². The van der Waals surface area contributed by atoms with Crippen LogP contribution in [0.25, 0.3) is 78.1 Å². The van der Waals surface area contributed by atoms with Crippen LogP contribution in [0, 0.1) is 0 Å². The molecule has 0 fully saturated rings. The number of fused-ring (bicyclic) bond motifs is 12. The molecule has 2 aliphatic heterocycles. The molecule has 4 aliphatic rings. The molecule has 1 N–H and O–H groups in total. The fourth-order valence-electron chi connectivity index (χ4n) is 16.8. The first-order valence-corrected chi connectivity index (χ1v) is 35.5. The lowest BCUT2D eigenvalue weighted by atomic mass is 9.66. The van der Waals surface area contributed by atoms with E-state index in [2.05, 4.69) is 278 Å². The van der Waals surface area contributed by atoms with E-state index in [-0.39, 0.29) is 11.6 Å². The Morgan fingerprint density at radius 3 is 1.47 bits per heavy atom. The fraction of sp³-hybridized carbons (Fsp3) is 0.209. The van der Waals surface area contributed by atoms with Gasteiger partial charge in [-0.05, 0) is 181 Å². The molecule has 2 aromatic heterocycles. The Hall–Kier alpha value is -10.4. The predicted molar refractivity (Wildman–Crippen MR) is 401 cm³/mol. The number of hydrogen-bond acceptors (Lipinski definition) is 5. The maximum absolute atomic E-state index is 4.74. The molecule has 0 saturated carbocycles. The smallest absolute Gasteiger partial charge is 0.130 e. The van der Waals surface area contributed by atoms with Crippen LogP contribution in [0.15, 0.2) is 286 Å². The molecule has 16 rings (SSSR count). The maximum atomic E-state index is 4.74. The zero-order valence-electron chi connectivity index (χ0n) is 55.4. The van der Waals surface area contributed by atoms with E-state index >= 15 is 0 Å². The van der Waals surface area contributed by atoms with Crippen LogP contribution < -0.4 is 15.1 Å². The van der Waals surface area contributed by atoms with E-state index in [0.717, 1.165) is 45.1 Å². The number of pyridine rings is 2. The normalized spacial score (nSPS) is 15.6. The van der Waals surface area contributed by atoms with Crippen molar-refractivity contribution >= 4 is 22.7 Å². The zero-order valence-corrected chi connectivity index (χ0v) is 55.4. The summed E-state index contributed by atoms with van der Waals surface area (Å²) in [6.07, 6.45) is 26.0. The van der Waals surface area contributed by atoms with Crippen molar-refractivity contribution in [3.63, 3.8) is 0 Å². The van der Waals surface area contributed by atoms with Crippen LogP contribution in [0.4, 0.5) is 22.7 Å². The zero-order chi connectivity index (χ0) is 64.4. The molecule has 2 unspecified atom stereocenters. The molecule has 2 atom stereocenters. The first-order valence-electron chi connectivity index (χ1n) is 35.5. The summed E-state index contributed by atoms with van der Waals surface area (Å²) in [5.41, 5.74) is 30.1. The second kappa shape index (κ2) is 26.4. The van der Waals surface area contributed by atoms with Gasteiger partial charge in [-0.1, -0.05) is 267 Å². The van der Waals surface area contributed by atoms with Crippen LogP contribution in [-0.2, 0) is 10.8 Å². The number of hydrogen-bond donors (Lipinski definition) is 1. The van der Waals surface area contributed by atoms with Crippen molar-refractivity contribution < 1.29 is 0 Å². The topological polar surface area (TPSA) is 44.3 Å². The number of anilines is 4. The molecule has 472 valence electrons. The third kappa shape index (κ3) is 10.8. The minimum atomic E-state index is -0.631. The Kier molecular flexibility index (Phi) is 16.7. The van der Waals surface area contributed by atoms with Crippen LogP contribution in [0.3, 0.4) is 0 Å². The van der Waals surface area contributed by atoms with E-state index in [1.165, 1.54) is 173 Å². The average Bonchev–Trinajstić information content (AvgIpc) is 1.54. The van der Waals surface area contributed by atoms with Crippen molar-refractivity contribution in [1.29, 1.82) is 0 Å². The molecule has 10 aromatic carbocycles. The minimum Gasteiger partial charge on any atom is -0.366 e. The first-order chi connectivity index (χ1) is 47.5. The quantitative estimate of drug-likeness (QED) is 0.0647. The predicted octanol–water partition coefficient (Wildman–Crippen LogP) is 24.3. The summed E-state index contributed by atoms with van der Waals surface area (Å²) in [5, 5.41) is 3.60. The van der Waals surface area contributed by atoms with E-state index in [1.807, 2.05) is 36.7 Å². The summed E-state index contributed by atoms with van der Waals surface area (Å²) in [7, 11) is 0. The van der Waals surface area contributed by atoms with Crippen molar-refractivity contribution in [2.45, 2.75) is 121 Å². The van der Waals surface area contributed by atoms with Crippen LogP contribution in [0.5, 0.6) is 0 Å². The van der Waals surface area contributed by atoms with Gasteiger partial charge in [-0.25, -0.2) is 0 Å². The van der Waals surface area contributed by atoms with Gasteiger partial charge < -0.3 is 15.1 Å². The second-order valence-corrected chi connectivity index (χ2v) is 27.1. The molecule has 0 bridgehead atoms. The van der Waals surface area contributed by atoms with Gasteiger partial charge in [-0.3, -0.25) is 9.97 Å². The Morgan fingerprint density at radius 1 is 0.365 bits per heavy atom. The van der Waals surface area contributed by atoms with Gasteiger partial charge in [0.05, 0.1) is 22.5 Å². The Labute approximate surface area is 568 Å². The van der Waals surface area contributed by atoms with Crippen LogP contribution in [0.2, 0.25) is 0 Å². The lowest BCUT2D eigenvalue weighted by Gasteiger charge is -2.35. The summed E-state index contributed by atoms with van der Waals surface area (Å²) in [6, 6.07) is 98.4. The summed E-state index contributed by atoms with van der Waals surface area (Å²) < 4.78 is 0. The van der Waals surface area contributed by atoms with Crippen LogP contribution in [-0.4, -0.2) is 9.97 Å². The van der Waals surface area contributed by atoms with E-state index < -0.39 is 5.41 Å². The van der Waals surface area contributed by atoms with E-state index in [9.17, 15) is 0 Å². The molecule has 12 aromatic rings. The maximum Gasteiger partial charge on any atom is 0.130 e. The molecular formula is C91H83N5. The largest absolute Gasteiger partial charge is 0.366 e. The van der Waals surface area contributed by atoms with Crippen LogP contribution in [0.1, 0.15) is 149 Å². The Balaban J connectivity index is 0.818. The standard InChI is InChI=1S/C91H83N5/c1-3-5-7-9-11-21-53-90(54-22-12-10-8-6-4-2)82-35-17-15-32-76(82)79-63-85-80(62-84(79)90)77-33-16-18-36-83(77)91(85,71-48-41-66(42-49-71)67-45-52-88-81(61-67)75-31-13-14-34-78(75)89-94-57-58-95(88)89)70-46-39-64(40-47-70)65-43-50-72(51-44-65)96(73-29-25-27-68(59-73)86-37-19-23-55-92-86)74-30-26-28-69(60-74)87-38-20-24-56-93-87/h13-20,23-52,55-63,89,94H,3-12,21-22,53-54H2,1-2H3.